The summed E-state index contributed by atoms with van der Waals surface area (Å²) in [6.07, 6.45) is 0.693. The molecule has 4 rings (SSSR count). The second-order valence-corrected chi connectivity index (χ2v) is 6.97. The van der Waals surface area contributed by atoms with Gasteiger partial charge in [0.2, 0.25) is 0 Å². The third-order valence-electron chi connectivity index (χ3n) is 4.43. The predicted octanol–water partition coefficient (Wildman–Crippen LogP) is 6.49. The lowest BCUT2D eigenvalue weighted by Crippen LogP contribution is -2.19. The van der Waals surface area contributed by atoms with Gasteiger partial charge in [-0.3, -0.25) is 5.01 Å². The van der Waals surface area contributed by atoms with Gasteiger partial charge in [0.25, 0.3) is 0 Å². The van der Waals surface area contributed by atoms with E-state index in [0.29, 0.717) is 16.5 Å². The SMILES string of the molecule is Fc1ccc([C@H]2CC(c3ccccc3)=NN2c2cc(Cl)ccc2Cl)cc1. The molecular formula is C21H15Cl2FN2. The minimum atomic E-state index is -0.261. The summed E-state index contributed by atoms with van der Waals surface area (Å²) in [5, 5.41) is 7.86. The Kier molecular flexibility index (Phi) is 4.66. The third kappa shape index (κ3) is 3.33. The first-order chi connectivity index (χ1) is 12.6. The van der Waals surface area contributed by atoms with E-state index in [9.17, 15) is 4.39 Å². The molecular weight excluding hydrogens is 370 g/mol. The molecule has 1 aliphatic heterocycles. The molecule has 3 aromatic carbocycles. The Balaban J connectivity index is 1.80. The van der Waals surface area contributed by atoms with Crippen LogP contribution in [0.1, 0.15) is 23.6 Å². The van der Waals surface area contributed by atoms with Crippen molar-refractivity contribution in [3.63, 3.8) is 0 Å². The maximum absolute atomic E-state index is 13.4. The largest absolute Gasteiger partial charge is 0.256 e. The first-order valence-corrected chi connectivity index (χ1v) is 9.00. The van der Waals surface area contributed by atoms with Crippen molar-refractivity contribution in [1.29, 1.82) is 0 Å². The van der Waals surface area contributed by atoms with Gasteiger partial charge in [0.05, 0.1) is 22.5 Å². The molecule has 1 heterocycles. The predicted molar refractivity (Wildman–Crippen MR) is 106 cm³/mol. The third-order valence-corrected chi connectivity index (χ3v) is 4.98. The monoisotopic (exact) mass is 384 g/mol. The van der Waals surface area contributed by atoms with Crippen molar-refractivity contribution < 1.29 is 4.39 Å². The number of benzene rings is 3. The number of hydrazone groups is 1. The molecule has 0 saturated heterocycles. The van der Waals surface area contributed by atoms with E-state index in [1.54, 1.807) is 30.3 Å². The lowest BCUT2D eigenvalue weighted by molar-refractivity contribution is 0.624. The van der Waals surface area contributed by atoms with Crippen LogP contribution in [0.15, 0.2) is 77.9 Å². The van der Waals surface area contributed by atoms with Crippen molar-refractivity contribution in [3.05, 3.63) is 99.8 Å². The number of anilines is 1. The van der Waals surface area contributed by atoms with E-state index in [0.717, 1.165) is 22.5 Å². The number of halogens is 3. The van der Waals surface area contributed by atoms with Gasteiger partial charge in [0.15, 0.2) is 0 Å². The van der Waals surface area contributed by atoms with Gasteiger partial charge >= 0.3 is 0 Å². The maximum Gasteiger partial charge on any atom is 0.123 e. The number of hydrogen-bond donors (Lipinski definition) is 0. The normalized spacial score (nSPS) is 16.7. The summed E-state index contributed by atoms with van der Waals surface area (Å²) in [6.45, 7) is 0. The van der Waals surface area contributed by atoms with Crippen molar-refractivity contribution in [1.82, 2.24) is 0 Å². The molecule has 1 atom stereocenters. The van der Waals surface area contributed by atoms with Crippen LogP contribution in [-0.2, 0) is 0 Å². The zero-order chi connectivity index (χ0) is 18.1. The molecule has 0 N–H and O–H groups in total. The summed E-state index contributed by atoms with van der Waals surface area (Å²) in [6, 6.07) is 21.7. The molecule has 3 aromatic rings. The molecule has 0 amide bonds. The Morgan fingerprint density at radius 1 is 0.923 bits per heavy atom. The van der Waals surface area contributed by atoms with E-state index in [1.165, 1.54) is 12.1 Å². The summed E-state index contributed by atoms with van der Waals surface area (Å²) in [7, 11) is 0. The molecule has 0 unspecified atom stereocenters. The first-order valence-electron chi connectivity index (χ1n) is 8.24. The number of hydrogen-bond acceptors (Lipinski definition) is 2. The van der Waals surface area contributed by atoms with Crippen LogP contribution in [0.3, 0.4) is 0 Å². The highest BCUT2D eigenvalue weighted by Crippen LogP contribution is 2.40. The Morgan fingerprint density at radius 3 is 2.38 bits per heavy atom. The summed E-state index contributed by atoms with van der Waals surface area (Å²) in [5.41, 5.74) is 3.72. The molecule has 2 nitrogen and oxygen atoms in total. The summed E-state index contributed by atoms with van der Waals surface area (Å²) < 4.78 is 13.4. The van der Waals surface area contributed by atoms with Crippen LogP contribution in [-0.4, -0.2) is 5.71 Å². The van der Waals surface area contributed by atoms with Gasteiger partial charge < -0.3 is 0 Å². The second kappa shape index (κ2) is 7.10. The number of nitrogens with zero attached hydrogens (tertiary/aromatic N) is 2. The van der Waals surface area contributed by atoms with Gasteiger partial charge in [-0.2, -0.15) is 5.10 Å². The molecule has 26 heavy (non-hydrogen) atoms. The highest BCUT2D eigenvalue weighted by Gasteiger charge is 2.31. The summed E-state index contributed by atoms with van der Waals surface area (Å²) in [4.78, 5) is 0. The highest BCUT2D eigenvalue weighted by molar-refractivity contribution is 6.35. The molecule has 0 spiro atoms. The van der Waals surface area contributed by atoms with Crippen molar-refractivity contribution in [3.8, 4) is 0 Å². The lowest BCUT2D eigenvalue weighted by atomic mass is 9.98. The minimum absolute atomic E-state index is 0.0817. The van der Waals surface area contributed by atoms with Crippen molar-refractivity contribution in [2.75, 3.05) is 5.01 Å². The topological polar surface area (TPSA) is 15.6 Å². The maximum atomic E-state index is 13.4. The Hall–Kier alpha value is -2.36. The average Bonchev–Trinajstić information content (AvgIpc) is 3.10. The van der Waals surface area contributed by atoms with Crippen LogP contribution < -0.4 is 5.01 Å². The van der Waals surface area contributed by atoms with E-state index >= 15 is 0 Å². The van der Waals surface area contributed by atoms with Crippen molar-refractivity contribution in [2.45, 2.75) is 12.5 Å². The van der Waals surface area contributed by atoms with E-state index in [2.05, 4.69) is 0 Å². The highest BCUT2D eigenvalue weighted by atomic mass is 35.5. The quantitative estimate of drug-likeness (QED) is 0.503. The first kappa shape index (κ1) is 17.1. The van der Waals surface area contributed by atoms with Crippen LogP contribution in [0, 0.1) is 5.82 Å². The fourth-order valence-corrected chi connectivity index (χ4v) is 3.51. The molecule has 0 aliphatic carbocycles. The average molecular weight is 385 g/mol. The molecule has 5 heteroatoms. The van der Waals surface area contributed by atoms with Gasteiger partial charge in [-0.15, -0.1) is 0 Å². The van der Waals surface area contributed by atoms with Crippen LogP contribution in [0.25, 0.3) is 0 Å². The molecule has 0 aromatic heterocycles. The zero-order valence-corrected chi connectivity index (χ0v) is 15.3. The Labute approximate surface area is 161 Å². The smallest absolute Gasteiger partial charge is 0.123 e. The van der Waals surface area contributed by atoms with Gasteiger partial charge in [-0.1, -0.05) is 65.7 Å². The molecule has 0 saturated carbocycles. The van der Waals surface area contributed by atoms with Gasteiger partial charge in [0.1, 0.15) is 5.82 Å². The molecule has 0 bridgehead atoms. The second-order valence-electron chi connectivity index (χ2n) is 6.12. The summed E-state index contributed by atoms with van der Waals surface area (Å²) in [5.74, 6) is -0.261. The van der Waals surface area contributed by atoms with E-state index in [-0.39, 0.29) is 11.9 Å². The van der Waals surface area contributed by atoms with E-state index in [1.807, 2.05) is 35.3 Å². The van der Waals surface area contributed by atoms with Gasteiger partial charge in [-0.25, -0.2) is 4.39 Å². The summed E-state index contributed by atoms with van der Waals surface area (Å²) >= 11 is 12.6. The lowest BCUT2D eigenvalue weighted by Gasteiger charge is -2.25. The van der Waals surface area contributed by atoms with E-state index < -0.39 is 0 Å². The van der Waals surface area contributed by atoms with Crippen LogP contribution in [0.5, 0.6) is 0 Å². The molecule has 0 radical (unpaired) electrons. The van der Waals surface area contributed by atoms with Crippen molar-refractivity contribution in [2.24, 2.45) is 5.10 Å². The molecule has 130 valence electrons. The Bertz CT molecular complexity index is 956. The van der Waals surface area contributed by atoms with Gasteiger partial charge in [-0.05, 0) is 41.5 Å². The standard InChI is InChI=1S/C21H15Cl2FN2/c22-16-8-11-18(23)21(12-16)26-20(15-6-9-17(24)10-7-15)13-19(25-26)14-4-2-1-3-5-14/h1-12,20H,13H2/t20-/m1/s1. The molecule has 0 fully saturated rings. The fourth-order valence-electron chi connectivity index (χ4n) is 3.14. The van der Waals surface area contributed by atoms with Crippen molar-refractivity contribution >= 4 is 34.6 Å². The van der Waals surface area contributed by atoms with E-state index in [4.69, 9.17) is 28.3 Å². The fraction of sp³-hybridized carbons (Fsp3) is 0.0952. The number of rotatable bonds is 3. The van der Waals surface area contributed by atoms with Crippen LogP contribution in [0.2, 0.25) is 10.0 Å². The Morgan fingerprint density at radius 2 is 1.65 bits per heavy atom. The zero-order valence-electron chi connectivity index (χ0n) is 13.7. The minimum Gasteiger partial charge on any atom is -0.256 e. The molecule has 1 aliphatic rings. The van der Waals surface area contributed by atoms with Crippen LogP contribution in [0.4, 0.5) is 10.1 Å². The van der Waals surface area contributed by atoms with Gasteiger partial charge in [0, 0.05) is 11.4 Å². The van der Waals surface area contributed by atoms with Crippen LogP contribution >= 0.6 is 23.2 Å².